The second-order valence-corrected chi connectivity index (χ2v) is 10.2. The predicted molar refractivity (Wildman–Crippen MR) is 115 cm³/mol. The van der Waals surface area contributed by atoms with E-state index < -0.39 is 15.6 Å². The normalized spacial score (nSPS) is 11.7. The van der Waals surface area contributed by atoms with E-state index in [9.17, 15) is 13.2 Å². The molecule has 0 aliphatic rings. The van der Waals surface area contributed by atoms with Gasteiger partial charge in [0.2, 0.25) is 0 Å². The van der Waals surface area contributed by atoms with E-state index in [1.165, 1.54) is 32.7 Å². The molecular formula is C22H21F3O3S2. The highest BCUT2D eigenvalue weighted by atomic mass is 32.2. The number of aryl methyl sites for hydroxylation is 1. The van der Waals surface area contributed by atoms with Crippen LogP contribution < -0.4 is 0 Å². The Kier molecular flexibility index (Phi) is 7.74. The first kappa shape index (κ1) is 24.0. The number of alkyl halides is 3. The first-order valence-electron chi connectivity index (χ1n) is 8.76. The molecule has 0 atom stereocenters. The minimum absolute atomic E-state index is 0.301. The van der Waals surface area contributed by atoms with E-state index in [-0.39, 0.29) is 0 Å². The van der Waals surface area contributed by atoms with Gasteiger partial charge in [-0.15, -0.1) is 0 Å². The van der Waals surface area contributed by atoms with Gasteiger partial charge in [0.25, 0.3) is 0 Å². The summed E-state index contributed by atoms with van der Waals surface area (Å²) >= 11 is 0. The van der Waals surface area contributed by atoms with Crippen LogP contribution in [0, 0.1) is 6.92 Å². The van der Waals surface area contributed by atoms with Gasteiger partial charge in [0.1, 0.15) is 12.5 Å². The third-order valence-electron chi connectivity index (χ3n) is 4.19. The van der Waals surface area contributed by atoms with Crippen molar-refractivity contribution in [3.63, 3.8) is 0 Å². The lowest BCUT2D eigenvalue weighted by Crippen LogP contribution is -2.21. The first-order chi connectivity index (χ1) is 13.9. The summed E-state index contributed by atoms with van der Waals surface area (Å²) in [6.07, 6.45) is 4.53. The summed E-state index contributed by atoms with van der Waals surface area (Å²) in [6, 6.07) is 26.4. The van der Waals surface area contributed by atoms with Crippen LogP contribution in [0.4, 0.5) is 13.2 Å². The standard InChI is InChI=1S/C21H21S.CHF3O3S/c1-16-7-9-17(10-8-16)18-11-13-19(14-12-18)20-5-4-6-21(15-20)22(2)3;2-1(3,4)8(5,6)7/h4-15H,1-3H3;(H,5,6,7)/q+1;/p-1. The average Bonchev–Trinajstić information content (AvgIpc) is 2.68. The Bertz CT molecular complexity index is 1070. The SMILES string of the molecule is Cc1ccc(-c2ccc(-c3cccc([S+](C)C)c3)cc2)cc1.O=S(=O)([O-])C(F)(F)F. The fourth-order valence-electron chi connectivity index (χ4n) is 2.53. The third-order valence-corrected chi connectivity index (χ3v) is 5.96. The van der Waals surface area contributed by atoms with E-state index in [2.05, 4.69) is 92.2 Å². The molecule has 0 aliphatic carbocycles. The van der Waals surface area contributed by atoms with E-state index >= 15 is 0 Å². The smallest absolute Gasteiger partial charge is 0.485 e. The van der Waals surface area contributed by atoms with Crippen LogP contribution in [-0.2, 0) is 21.0 Å². The molecule has 3 rings (SSSR count). The van der Waals surface area contributed by atoms with Crippen LogP contribution in [-0.4, -0.2) is 31.0 Å². The van der Waals surface area contributed by atoms with Gasteiger partial charge in [-0.2, -0.15) is 13.2 Å². The van der Waals surface area contributed by atoms with E-state index in [0.29, 0.717) is 10.9 Å². The highest BCUT2D eigenvalue weighted by molar-refractivity contribution is 7.95. The van der Waals surface area contributed by atoms with Gasteiger partial charge in [-0.1, -0.05) is 66.2 Å². The largest absolute Gasteiger partial charge is 0.741 e. The van der Waals surface area contributed by atoms with Crippen molar-refractivity contribution in [2.24, 2.45) is 0 Å². The lowest BCUT2D eigenvalue weighted by atomic mass is 10.00. The van der Waals surface area contributed by atoms with Crippen molar-refractivity contribution in [3.8, 4) is 22.3 Å². The van der Waals surface area contributed by atoms with Crippen LogP contribution in [0.15, 0.2) is 77.7 Å². The zero-order chi connectivity index (χ0) is 22.5. The summed E-state index contributed by atoms with van der Waals surface area (Å²) in [6.45, 7) is 2.12. The molecule has 0 amide bonds. The van der Waals surface area contributed by atoms with Crippen LogP contribution in [0.1, 0.15) is 5.56 Å². The Morgan fingerprint density at radius 3 is 1.57 bits per heavy atom. The summed E-state index contributed by atoms with van der Waals surface area (Å²) in [7, 11) is -5.79. The molecule has 0 fully saturated rings. The Morgan fingerprint density at radius 1 is 0.767 bits per heavy atom. The molecule has 0 saturated heterocycles. The van der Waals surface area contributed by atoms with Gasteiger partial charge in [-0.3, -0.25) is 0 Å². The fraction of sp³-hybridized carbons (Fsp3) is 0.182. The molecule has 0 N–H and O–H groups in total. The molecule has 0 bridgehead atoms. The highest BCUT2D eigenvalue weighted by Crippen LogP contribution is 2.26. The van der Waals surface area contributed by atoms with Crippen LogP contribution in [0.5, 0.6) is 0 Å². The zero-order valence-electron chi connectivity index (χ0n) is 16.6. The maximum atomic E-state index is 10.7. The lowest BCUT2D eigenvalue weighted by Gasteiger charge is -2.08. The average molecular weight is 455 g/mol. The van der Waals surface area contributed by atoms with Gasteiger partial charge in [-0.25, -0.2) is 8.42 Å². The molecule has 30 heavy (non-hydrogen) atoms. The summed E-state index contributed by atoms with van der Waals surface area (Å²) in [5.74, 6) is 0. The minimum atomic E-state index is -6.09. The molecule has 3 nitrogen and oxygen atoms in total. The van der Waals surface area contributed by atoms with Crippen molar-refractivity contribution in [2.45, 2.75) is 17.3 Å². The number of halogens is 3. The molecule has 160 valence electrons. The maximum absolute atomic E-state index is 10.7. The number of hydrogen-bond donors (Lipinski definition) is 0. The Balaban J connectivity index is 0.000000343. The zero-order valence-corrected chi connectivity index (χ0v) is 18.2. The van der Waals surface area contributed by atoms with E-state index in [1.807, 2.05) is 0 Å². The van der Waals surface area contributed by atoms with Crippen molar-refractivity contribution in [1.82, 2.24) is 0 Å². The molecule has 3 aromatic rings. The molecule has 0 unspecified atom stereocenters. The van der Waals surface area contributed by atoms with E-state index in [4.69, 9.17) is 13.0 Å². The van der Waals surface area contributed by atoms with Crippen molar-refractivity contribution in [2.75, 3.05) is 12.5 Å². The quantitative estimate of drug-likeness (QED) is 0.293. The second kappa shape index (κ2) is 9.68. The number of benzene rings is 3. The van der Waals surface area contributed by atoms with Crippen molar-refractivity contribution in [1.29, 1.82) is 0 Å². The molecule has 0 saturated carbocycles. The molecular weight excluding hydrogens is 433 g/mol. The summed E-state index contributed by atoms with van der Waals surface area (Å²) in [5, 5.41) is 0. The van der Waals surface area contributed by atoms with Crippen LogP contribution >= 0.6 is 0 Å². The van der Waals surface area contributed by atoms with Crippen LogP contribution in [0.3, 0.4) is 0 Å². The molecule has 0 aliphatic heterocycles. The van der Waals surface area contributed by atoms with E-state index in [0.717, 1.165) is 0 Å². The minimum Gasteiger partial charge on any atom is -0.741 e. The molecule has 3 aromatic carbocycles. The van der Waals surface area contributed by atoms with Crippen LogP contribution in [0.25, 0.3) is 22.3 Å². The fourth-order valence-corrected chi connectivity index (χ4v) is 3.24. The van der Waals surface area contributed by atoms with Gasteiger partial charge in [-0.05, 0) is 35.2 Å². The molecule has 0 aromatic heterocycles. The first-order valence-corrected chi connectivity index (χ1v) is 12.2. The molecule has 0 heterocycles. The van der Waals surface area contributed by atoms with Gasteiger partial charge < -0.3 is 4.55 Å². The van der Waals surface area contributed by atoms with Gasteiger partial charge in [0.15, 0.2) is 15.0 Å². The lowest BCUT2D eigenvalue weighted by molar-refractivity contribution is -0.0517. The van der Waals surface area contributed by atoms with Crippen molar-refractivity contribution in [3.05, 3.63) is 78.4 Å². The summed E-state index contributed by atoms with van der Waals surface area (Å²) < 4.78 is 58.9. The summed E-state index contributed by atoms with van der Waals surface area (Å²) in [5.41, 5.74) is 0.775. The maximum Gasteiger partial charge on any atom is 0.485 e. The Labute approximate surface area is 177 Å². The Morgan fingerprint density at radius 2 is 1.17 bits per heavy atom. The van der Waals surface area contributed by atoms with Gasteiger partial charge in [0.05, 0.1) is 0 Å². The van der Waals surface area contributed by atoms with Crippen LogP contribution in [0.2, 0.25) is 0 Å². The molecule has 0 spiro atoms. The van der Waals surface area contributed by atoms with Gasteiger partial charge in [0, 0.05) is 17.0 Å². The topological polar surface area (TPSA) is 57.2 Å². The number of hydrogen-bond acceptors (Lipinski definition) is 3. The molecule has 0 radical (unpaired) electrons. The molecule has 8 heteroatoms. The van der Waals surface area contributed by atoms with Crippen molar-refractivity contribution < 1.29 is 26.1 Å². The van der Waals surface area contributed by atoms with E-state index in [1.54, 1.807) is 0 Å². The summed E-state index contributed by atoms with van der Waals surface area (Å²) in [4.78, 5) is 1.42. The predicted octanol–water partition coefficient (Wildman–Crippen LogP) is 5.62. The van der Waals surface area contributed by atoms with Gasteiger partial charge >= 0.3 is 5.51 Å². The van der Waals surface area contributed by atoms with Crippen molar-refractivity contribution >= 4 is 21.0 Å². The monoisotopic (exact) mass is 454 g/mol. The third kappa shape index (κ3) is 6.62. The Hall–Kier alpha value is -2.29. The number of rotatable bonds is 3. The highest BCUT2D eigenvalue weighted by Gasteiger charge is 2.36. The second-order valence-electron chi connectivity index (χ2n) is 6.69.